The van der Waals surface area contributed by atoms with Crippen LogP contribution in [-0.2, 0) is 0 Å². The highest BCUT2D eigenvalue weighted by molar-refractivity contribution is 5.67. The molecule has 0 saturated carbocycles. The van der Waals surface area contributed by atoms with Crippen molar-refractivity contribution in [3.05, 3.63) is 54.6 Å². The molecule has 0 spiro atoms. The molecular formula is C17H16FN5O. The van der Waals surface area contributed by atoms with Gasteiger partial charge in [0.25, 0.3) is 0 Å². The lowest BCUT2D eigenvalue weighted by Gasteiger charge is -2.11. The number of ether oxygens (including phenoxy) is 1. The van der Waals surface area contributed by atoms with Gasteiger partial charge in [-0.1, -0.05) is 0 Å². The van der Waals surface area contributed by atoms with Crippen molar-refractivity contribution in [2.45, 2.75) is 0 Å². The molecule has 1 aromatic carbocycles. The van der Waals surface area contributed by atoms with Gasteiger partial charge in [-0.05, 0) is 24.3 Å². The Morgan fingerprint density at radius 3 is 2.50 bits per heavy atom. The van der Waals surface area contributed by atoms with Crippen LogP contribution in [0.5, 0.6) is 5.75 Å². The lowest BCUT2D eigenvalue weighted by atomic mass is 10.2. The summed E-state index contributed by atoms with van der Waals surface area (Å²) >= 11 is 0. The molecule has 0 fully saturated rings. The third kappa shape index (κ3) is 3.40. The molecule has 2 heterocycles. The summed E-state index contributed by atoms with van der Waals surface area (Å²) in [6.45, 7) is 0. The van der Waals surface area contributed by atoms with E-state index in [0.717, 1.165) is 11.3 Å². The largest absolute Gasteiger partial charge is 0.494 e. The van der Waals surface area contributed by atoms with E-state index in [2.05, 4.69) is 25.6 Å². The minimum absolute atomic E-state index is 0.191. The number of halogens is 1. The van der Waals surface area contributed by atoms with Crippen molar-refractivity contribution in [3.8, 4) is 17.0 Å². The monoisotopic (exact) mass is 325 g/mol. The van der Waals surface area contributed by atoms with Gasteiger partial charge in [-0.25, -0.2) is 9.37 Å². The van der Waals surface area contributed by atoms with Gasteiger partial charge in [0.2, 0.25) is 5.95 Å². The predicted molar refractivity (Wildman–Crippen MR) is 91.0 cm³/mol. The van der Waals surface area contributed by atoms with E-state index in [1.54, 1.807) is 37.6 Å². The zero-order valence-corrected chi connectivity index (χ0v) is 13.2. The quantitative estimate of drug-likeness (QED) is 0.748. The highest BCUT2D eigenvalue weighted by Crippen LogP contribution is 2.25. The molecule has 6 nitrogen and oxygen atoms in total. The minimum Gasteiger partial charge on any atom is -0.494 e. The Labute approximate surface area is 138 Å². The highest BCUT2D eigenvalue weighted by Gasteiger charge is 2.08. The summed E-state index contributed by atoms with van der Waals surface area (Å²) in [5.41, 5.74) is 2.20. The molecule has 0 aliphatic heterocycles. The molecule has 122 valence electrons. The fourth-order valence-electron chi connectivity index (χ4n) is 2.19. The number of rotatable bonds is 5. The molecular weight excluding hydrogens is 309 g/mol. The van der Waals surface area contributed by atoms with E-state index in [1.165, 1.54) is 13.2 Å². The molecule has 7 heteroatoms. The lowest BCUT2D eigenvalue weighted by Crippen LogP contribution is -2.02. The van der Waals surface area contributed by atoms with Crippen molar-refractivity contribution in [3.63, 3.8) is 0 Å². The molecule has 2 aromatic heterocycles. The standard InChI is InChI=1S/C17H16FN5O/c1-19-17-22-14(11-5-7-20-8-6-11)10-16(23-17)21-12-3-4-15(24-2)13(18)9-12/h3-10H,1-2H3,(H2,19,21,22,23). The average molecular weight is 325 g/mol. The van der Waals surface area contributed by atoms with Crippen LogP contribution in [0.4, 0.5) is 21.8 Å². The number of methoxy groups -OCH3 is 1. The smallest absolute Gasteiger partial charge is 0.224 e. The van der Waals surface area contributed by atoms with Crippen LogP contribution >= 0.6 is 0 Å². The van der Waals surface area contributed by atoms with Gasteiger partial charge in [0, 0.05) is 42.8 Å². The molecule has 0 saturated heterocycles. The van der Waals surface area contributed by atoms with Crippen LogP contribution in [0.15, 0.2) is 48.8 Å². The number of hydrogen-bond acceptors (Lipinski definition) is 6. The van der Waals surface area contributed by atoms with E-state index in [-0.39, 0.29) is 5.75 Å². The fraction of sp³-hybridized carbons (Fsp3) is 0.118. The maximum absolute atomic E-state index is 13.8. The molecule has 0 unspecified atom stereocenters. The first-order chi connectivity index (χ1) is 11.7. The van der Waals surface area contributed by atoms with Crippen LogP contribution in [-0.4, -0.2) is 29.1 Å². The number of benzene rings is 1. The zero-order valence-electron chi connectivity index (χ0n) is 13.2. The van der Waals surface area contributed by atoms with Crippen LogP contribution in [0.1, 0.15) is 0 Å². The molecule has 24 heavy (non-hydrogen) atoms. The first kappa shape index (κ1) is 15.7. The maximum Gasteiger partial charge on any atom is 0.224 e. The van der Waals surface area contributed by atoms with Crippen LogP contribution in [0.2, 0.25) is 0 Å². The molecule has 3 rings (SSSR count). The maximum atomic E-state index is 13.8. The van der Waals surface area contributed by atoms with Crippen molar-refractivity contribution < 1.29 is 9.13 Å². The number of nitrogens with zero attached hydrogens (tertiary/aromatic N) is 3. The summed E-state index contributed by atoms with van der Waals surface area (Å²) < 4.78 is 18.7. The average Bonchev–Trinajstić information content (AvgIpc) is 2.62. The van der Waals surface area contributed by atoms with Crippen molar-refractivity contribution in [2.24, 2.45) is 0 Å². The van der Waals surface area contributed by atoms with Gasteiger partial charge in [-0.3, -0.25) is 4.98 Å². The molecule has 0 radical (unpaired) electrons. The Balaban J connectivity index is 1.94. The molecule has 0 amide bonds. The normalized spacial score (nSPS) is 10.3. The fourth-order valence-corrected chi connectivity index (χ4v) is 2.19. The van der Waals surface area contributed by atoms with Crippen molar-refractivity contribution in [1.82, 2.24) is 15.0 Å². The second-order valence-corrected chi connectivity index (χ2v) is 4.92. The Hall–Kier alpha value is -3.22. The second-order valence-electron chi connectivity index (χ2n) is 4.92. The molecule has 0 bridgehead atoms. The third-order valence-electron chi connectivity index (χ3n) is 3.35. The summed E-state index contributed by atoms with van der Waals surface area (Å²) in [6.07, 6.45) is 3.39. The molecule has 2 N–H and O–H groups in total. The first-order valence-corrected chi connectivity index (χ1v) is 7.27. The molecule has 0 aliphatic rings. The number of aromatic nitrogens is 3. The van der Waals surface area contributed by atoms with Crippen molar-refractivity contribution in [2.75, 3.05) is 24.8 Å². The van der Waals surface area contributed by atoms with Gasteiger partial charge in [0.05, 0.1) is 12.8 Å². The summed E-state index contributed by atoms with van der Waals surface area (Å²) in [6, 6.07) is 10.1. The molecule has 3 aromatic rings. The van der Waals surface area contributed by atoms with E-state index in [4.69, 9.17) is 4.74 Å². The summed E-state index contributed by atoms with van der Waals surface area (Å²) in [5, 5.41) is 6.00. The molecule has 0 atom stereocenters. The van der Waals surface area contributed by atoms with Crippen LogP contribution in [0.25, 0.3) is 11.3 Å². The zero-order chi connectivity index (χ0) is 16.9. The predicted octanol–water partition coefficient (Wildman–Crippen LogP) is 3.47. The van der Waals surface area contributed by atoms with Crippen molar-refractivity contribution >= 4 is 17.5 Å². The van der Waals surface area contributed by atoms with Gasteiger partial charge in [0.15, 0.2) is 11.6 Å². The number of hydrogen-bond donors (Lipinski definition) is 2. The Morgan fingerprint density at radius 1 is 1.04 bits per heavy atom. The van der Waals surface area contributed by atoms with E-state index >= 15 is 0 Å². The summed E-state index contributed by atoms with van der Waals surface area (Å²) in [4.78, 5) is 12.8. The Kier molecular flexibility index (Phi) is 4.51. The lowest BCUT2D eigenvalue weighted by molar-refractivity contribution is 0.386. The Bertz CT molecular complexity index is 842. The van der Waals surface area contributed by atoms with E-state index < -0.39 is 5.82 Å². The van der Waals surface area contributed by atoms with Crippen LogP contribution in [0.3, 0.4) is 0 Å². The Morgan fingerprint density at radius 2 is 1.83 bits per heavy atom. The summed E-state index contributed by atoms with van der Waals surface area (Å²) in [5.74, 6) is 0.753. The van der Waals surface area contributed by atoms with Crippen molar-refractivity contribution in [1.29, 1.82) is 0 Å². The number of nitrogens with one attached hydrogen (secondary N) is 2. The van der Waals surface area contributed by atoms with Gasteiger partial charge >= 0.3 is 0 Å². The topological polar surface area (TPSA) is 72.0 Å². The second kappa shape index (κ2) is 6.91. The van der Waals surface area contributed by atoms with E-state index in [9.17, 15) is 4.39 Å². The van der Waals surface area contributed by atoms with Gasteiger partial charge in [-0.2, -0.15) is 4.98 Å². The third-order valence-corrected chi connectivity index (χ3v) is 3.35. The van der Waals surface area contributed by atoms with E-state index in [1.807, 2.05) is 12.1 Å². The number of pyridine rings is 1. The first-order valence-electron chi connectivity index (χ1n) is 7.27. The highest BCUT2D eigenvalue weighted by atomic mass is 19.1. The van der Waals surface area contributed by atoms with Gasteiger partial charge in [0.1, 0.15) is 5.82 Å². The van der Waals surface area contributed by atoms with E-state index in [0.29, 0.717) is 17.5 Å². The van der Waals surface area contributed by atoms with Crippen LogP contribution < -0.4 is 15.4 Å². The minimum atomic E-state index is -0.445. The van der Waals surface area contributed by atoms with Crippen LogP contribution in [0, 0.1) is 5.82 Å². The summed E-state index contributed by atoms with van der Waals surface area (Å²) in [7, 11) is 3.17. The number of anilines is 3. The van der Waals surface area contributed by atoms with Gasteiger partial charge < -0.3 is 15.4 Å². The SMILES string of the molecule is CNc1nc(Nc2ccc(OC)c(F)c2)cc(-c2ccncc2)n1. The van der Waals surface area contributed by atoms with Gasteiger partial charge in [-0.15, -0.1) is 0 Å². The molecule has 0 aliphatic carbocycles.